The number of hydrogen-bond donors (Lipinski definition) is 1. The number of ether oxygens (including phenoxy) is 1. The van der Waals surface area contributed by atoms with Crippen molar-refractivity contribution in [3.05, 3.63) is 71.3 Å². The summed E-state index contributed by atoms with van der Waals surface area (Å²) in [7, 11) is 1.59. The largest absolute Gasteiger partial charge is 0.497 e. The Bertz CT molecular complexity index is 703. The molecule has 0 saturated heterocycles. The van der Waals surface area contributed by atoms with E-state index in [1.807, 2.05) is 30.3 Å². The molecule has 0 spiro atoms. The van der Waals surface area contributed by atoms with Crippen LogP contribution >= 0.6 is 0 Å². The minimum atomic E-state index is -0.378. The molecule has 4 heteroatoms. The minimum Gasteiger partial charge on any atom is -0.497 e. The van der Waals surface area contributed by atoms with E-state index in [9.17, 15) is 9.59 Å². The Hall–Kier alpha value is -2.88. The molecule has 0 radical (unpaired) electrons. The third-order valence-electron chi connectivity index (χ3n) is 3.35. The van der Waals surface area contributed by atoms with E-state index < -0.39 is 0 Å². The number of benzene rings is 2. The van der Waals surface area contributed by atoms with Crippen molar-refractivity contribution in [2.75, 3.05) is 7.11 Å². The molecule has 0 heterocycles. The lowest BCUT2D eigenvalue weighted by Crippen LogP contribution is -2.27. The first-order valence-corrected chi connectivity index (χ1v) is 7.29. The van der Waals surface area contributed by atoms with Crippen LogP contribution in [0.4, 0.5) is 0 Å². The Morgan fingerprint density at radius 1 is 1.04 bits per heavy atom. The summed E-state index contributed by atoms with van der Waals surface area (Å²) in [5, 5.41) is 2.77. The zero-order chi connectivity index (χ0) is 16.7. The van der Waals surface area contributed by atoms with Crippen molar-refractivity contribution in [1.29, 1.82) is 0 Å². The van der Waals surface area contributed by atoms with E-state index in [0.29, 0.717) is 6.54 Å². The third-order valence-corrected chi connectivity index (χ3v) is 3.35. The first-order valence-electron chi connectivity index (χ1n) is 7.29. The summed E-state index contributed by atoms with van der Waals surface area (Å²) in [5.41, 5.74) is 1.88. The molecule has 23 heavy (non-hydrogen) atoms. The summed E-state index contributed by atoms with van der Waals surface area (Å²) in [4.78, 5) is 24.0. The standard InChI is InChI=1S/C19H19NO3/c1-14(21)18(12-15-8-10-17(23-2)11-9-15)19(22)20-13-16-6-4-3-5-7-16/h3-12H,13H2,1-2H3,(H,20,22)/b18-12-. The molecule has 2 aromatic carbocycles. The molecule has 1 N–H and O–H groups in total. The second-order valence-corrected chi connectivity index (χ2v) is 5.06. The van der Waals surface area contributed by atoms with Crippen LogP contribution in [0.1, 0.15) is 18.1 Å². The predicted molar refractivity (Wildman–Crippen MR) is 89.9 cm³/mol. The Balaban J connectivity index is 2.11. The molecule has 1 amide bonds. The smallest absolute Gasteiger partial charge is 0.255 e. The highest BCUT2D eigenvalue weighted by atomic mass is 16.5. The molecule has 0 bridgehead atoms. The van der Waals surface area contributed by atoms with Crippen LogP contribution in [-0.4, -0.2) is 18.8 Å². The van der Waals surface area contributed by atoms with Crippen LogP contribution in [-0.2, 0) is 16.1 Å². The van der Waals surface area contributed by atoms with Gasteiger partial charge in [0.2, 0.25) is 0 Å². The highest BCUT2D eigenvalue weighted by molar-refractivity contribution is 6.21. The first-order chi connectivity index (χ1) is 11.1. The van der Waals surface area contributed by atoms with Crippen molar-refractivity contribution in [1.82, 2.24) is 5.32 Å². The monoisotopic (exact) mass is 309 g/mol. The normalized spacial score (nSPS) is 11.0. The number of carbonyl (C=O) groups excluding carboxylic acids is 2. The SMILES string of the molecule is COc1ccc(/C=C(/C(C)=O)C(=O)NCc2ccccc2)cc1. The quantitative estimate of drug-likeness (QED) is 0.507. The van der Waals surface area contributed by atoms with E-state index in [0.717, 1.165) is 16.9 Å². The van der Waals surface area contributed by atoms with Crippen molar-refractivity contribution in [2.45, 2.75) is 13.5 Å². The second-order valence-electron chi connectivity index (χ2n) is 5.06. The maximum Gasteiger partial charge on any atom is 0.255 e. The molecule has 0 aromatic heterocycles. The number of rotatable bonds is 6. The predicted octanol–water partition coefficient (Wildman–Crippen LogP) is 2.98. The average Bonchev–Trinajstić information content (AvgIpc) is 2.58. The maximum atomic E-state index is 12.3. The fraction of sp³-hybridized carbons (Fsp3) is 0.158. The van der Waals surface area contributed by atoms with Gasteiger partial charge in [-0.05, 0) is 36.3 Å². The molecular formula is C19H19NO3. The summed E-state index contributed by atoms with van der Waals surface area (Å²) in [5.74, 6) is 0.0728. The van der Waals surface area contributed by atoms with Gasteiger partial charge in [0.05, 0.1) is 12.7 Å². The molecule has 0 saturated carbocycles. The van der Waals surface area contributed by atoms with Crippen molar-refractivity contribution < 1.29 is 14.3 Å². The molecule has 0 fully saturated rings. The molecule has 118 valence electrons. The summed E-state index contributed by atoms with van der Waals surface area (Å²) in [6.07, 6.45) is 1.59. The van der Waals surface area contributed by atoms with Gasteiger partial charge in [0.25, 0.3) is 5.91 Å². The molecule has 0 unspecified atom stereocenters. The fourth-order valence-electron chi connectivity index (χ4n) is 2.07. The van der Waals surface area contributed by atoms with Crippen molar-refractivity contribution in [3.63, 3.8) is 0 Å². The second kappa shape index (κ2) is 7.94. The van der Waals surface area contributed by atoms with E-state index in [4.69, 9.17) is 4.74 Å². The van der Waals surface area contributed by atoms with Gasteiger partial charge < -0.3 is 10.1 Å². The van der Waals surface area contributed by atoms with Gasteiger partial charge in [-0.25, -0.2) is 0 Å². The Kier molecular flexibility index (Phi) is 5.69. The van der Waals surface area contributed by atoms with Crippen molar-refractivity contribution in [3.8, 4) is 5.75 Å². The average molecular weight is 309 g/mol. The Morgan fingerprint density at radius 2 is 1.70 bits per heavy atom. The van der Waals surface area contributed by atoms with Gasteiger partial charge in [0, 0.05) is 6.54 Å². The van der Waals surface area contributed by atoms with E-state index >= 15 is 0 Å². The topological polar surface area (TPSA) is 55.4 Å². The van der Waals surface area contributed by atoms with Gasteiger partial charge in [-0.3, -0.25) is 9.59 Å². The van der Waals surface area contributed by atoms with Gasteiger partial charge in [-0.2, -0.15) is 0 Å². The Morgan fingerprint density at radius 3 is 2.26 bits per heavy atom. The van der Waals surface area contributed by atoms with E-state index in [-0.39, 0.29) is 17.3 Å². The number of methoxy groups -OCH3 is 1. The number of nitrogens with one attached hydrogen (secondary N) is 1. The van der Waals surface area contributed by atoms with Crippen LogP contribution in [0.25, 0.3) is 6.08 Å². The van der Waals surface area contributed by atoms with Crippen LogP contribution in [0.5, 0.6) is 5.75 Å². The third kappa shape index (κ3) is 4.81. The number of ketones is 1. The number of carbonyl (C=O) groups is 2. The summed E-state index contributed by atoms with van der Waals surface area (Å²) >= 11 is 0. The van der Waals surface area contributed by atoms with E-state index in [1.54, 1.807) is 37.5 Å². The lowest BCUT2D eigenvalue weighted by molar-refractivity contribution is -0.121. The van der Waals surface area contributed by atoms with E-state index in [1.165, 1.54) is 6.92 Å². The van der Waals surface area contributed by atoms with Crippen molar-refractivity contribution in [2.24, 2.45) is 0 Å². The van der Waals surface area contributed by atoms with Gasteiger partial charge in [0.1, 0.15) is 5.75 Å². The lowest BCUT2D eigenvalue weighted by atomic mass is 10.1. The first kappa shape index (κ1) is 16.5. The lowest BCUT2D eigenvalue weighted by Gasteiger charge is -2.07. The molecule has 2 aromatic rings. The number of hydrogen-bond acceptors (Lipinski definition) is 3. The minimum absolute atomic E-state index is 0.131. The number of amides is 1. The summed E-state index contributed by atoms with van der Waals surface area (Å²) < 4.78 is 5.09. The Labute approximate surface area is 135 Å². The number of Topliss-reactive ketones (excluding diaryl/α,β-unsaturated/α-hetero) is 1. The van der Waals surface area contributed by atoms with Gasteiger partial charge in [-0.1, -0.05) is 42.5 Å². The van der Waals surface area contributed by atoms with Crippen LogP contribution in [0, 0.1) is 0 Å². The maximum absolute atomic E-state index is 12.3. The van der Waals surface area contributed by atoms with Crippen LogP contribution in [0.2, 0.25) is 0 Å². The zero-order valence-corrected chi connectivity index (χ0v) is 13.2. The van der Waals surface area contributed by atoms with Crippen LogP contribution < -0.4 is 10.1 Å². The molecule has 0 aliphatic heterocycles. The molecular weight excluding hydrogens is 290 g/mol. The molecule has 2 rings (SSSR count). The van der Waals surface area contributed by atoms with Crippen LogP contribution in [0.3, 0.4) is 0 Å². The molecule has 0 atom stereocenters. The molecule has 0 aliphatic rings. The van der Waals surface area contributed by atoms with E-state index in [2.05, 4.69) is 5.32 Å². The molecule has 4 nitrogen and oxygen atoms in total. The molecule has 0 aliphatic carbocycles. The highest BCUT2D eigenvalue weighted by Gasteiger charge is 2.14. The van der Waals surface area contributed by atoms with Crippen molar-refractivity contribution >= 4 is 17.8 Å². The zero-order valence-electron chi connectivity index (χ0n) is 13.2. The fourth-order valence-corrected chi connectivity index (χ4v) is 2.07. The van der Waals surface area contributed by atoms with Gasteiger partial charge >= 0.3 is 0 Å². The summed E-state index contributed by atoms with van der Waals surface area (Å²) in [6, 6.07) is 16.7. The van der Waals surface area contributed by atoms with Gasteiger partial charge in [-0.15, -0.1) is 0 Å². The van der Waals surface area contributed by atoms with Gasteiger partial charge in [0.15, 0.2) is 5.78 Å². The highest BCUT2D eigenvalue weighted by Crippen LogP contribution is 2.14. The van der Waals surface area contributed by atoms with Crippen LogP contribution in [0.15, 0.2) is 60.2 Å². The summed E-state index contributed by atoms with van der Waals surface area (Å²) in [6.45, 7) is 1.77.